The van der Waals surface area contributed by atoms with Crippen LogP contribution in [0.3, 0.4) is 0 Å². The molecule has 2 nitrogen and oxygen atoms in total. The van der Waals surface area contributed by atoms with Crippen molar-refractivity contribution < 1.29 is 9.13 Å². The molecular weight excluding hydrogens is 241 g/mol. The van der Waals surface area contributed by atoms with Crippen LogP contribution in [0.25, 0.3) is 0 Å². The Labute approximate surface area is 116 Å². The molecule has 0 spiro atoms. The molecule has 0 amide bonds. The largest absolute Gasteiger partial charge is 0.384 e. The average Bonchev–Trinajstić information content (AvgIpc) is 2.36. The predicted octanol–water partition coefficient (Wildman–Crippen LogP) is 3.44. The Kier molecular flexibility index (Phi) is 7.03. The Bertz CT molecular complexity index is 350. The van der Waals surface area contributed by atoms with Gasteiger partial charge in [0.2, 0.25) is 0 Å². The zero-order valence-corrected chi connectivity index (χ0v) is 12.4. The number of ether oxygens (including phenoxy) is 1. The molecule has 19 heavy (non-hydrogen) atoms. The van der Waals surface area contributed by atoms with E-state index in [1.54, 1.807) is 7.11 Å². The van der Waals surface area contributed by atoms with Gasteiger partial charge in [-0.3, -0.25) is 0 Å². The fourth-order valence-electron chi connectivity index (χ4n) is 2.26. The van der Waals surface area contributed by atoms with Crippen molar-refractivity contribution in [1.82, 2.24) is 5.32 Å². The molecule has 0 fully saturated rings. The highest BCUT2D eigenvalue weighted by Crippen LogP contribution is 2.24. The molecule has 0 bridgehead atoms. The van der Waals surface area contributed by atoms with E-state index >= 15 is 0 Å². The van der Waals surface area contributed by atoms with Crippen LogP contribution >= 0.6 is 0 Å². The van der Waals surface area contributed by atoms with E-state index in [9.17, 15) is 4.39 Å². The molecule has 0 aliphatic heterocycles. The summed E-state index contributed by atoms with van der Waals surface area (Å²) in [5, 5.41) is 3.49. The summed E-state index contributed by atoms with van der Waals surface area (Å²) in [6.45, 7) is 9.17. The first-order valence-electron chi connectivity index (χ1n) is 6.99. The molecule has 1 N–H and O–H groups in total. The monoisotopic (exact) mass is 267 g/mol. The molecule has 0 saturated heterocycles. The lowest BCUT2D eigenvalue weighted by molar-refractivity contribution is 0.145. The Balaban J connectivity index is 2.70. The van der Waals surface area contributed by atoms with Gasteiger partial charge in [0.15, 0.2) is 0 Å². The van der Waals surface area contributed by atoms with Gasteiger partial charge in [-0.1, -0.05) is 32.9 Å². The van der Waals surface area contributed by atoms with Gasteiger partial charge in [0.25, 0.3) is 0 Å². The number of hydrogen-bond donors (Lipinski definition) is 1. The third-order valence-electron chi connectivity index (χ3n) is 3.33. The van der Waals surface area contributed by atoms with Crippen molar-refractivity contribution in [3.63, 3.8) is 0 Å². The zero-order valence-electron chi connectivity index (χ0n) is 12.4. The van der Waals surface area contributed by atoms with Gasteiger partial charge in [-0.2, -0.15) is 0 Å². The van der Waals surface area contributed by atoms with Crippen molar-refractivity contribution in [3.8, 4) is 0 Å². The Morgan fingerprint density at radius 2 is 1.74 bits per heavy atom. The molecule has 0 aliphatic rings. The minimum absolute atomic E-state index is 0.183. The van der Waals surface area contributed by atoms with Gasteiger partial charge < -0.3 is 10.1 Å². The molecule has 0 aliphatic carbocycles. The summed E-state index contributed by atoms with van der Waals surface area (Å²) in [4.78, 5) is 0. The van der Waals surface area contributed by atoms with E-state index in [4.69, 9.17) is 4.74 Å². The molecule has 0 heterocycles. The lowest BCUT2D eigenvalue weighted by Gasteiger charge is -2.25. The van der Waals surface area contributed by atoms with Crippen LogP contribution in [-0.4, -0.2) is 26.8 Å². The number of benzene rings is 1. The van der Waals surface area contributed by atoms with Crippen LogP contribution in [0.2, 0.25) is 0 Å². The van der Waals surface area contributed by atoms with Crippen LogP contribution < -0.4 is 5.32 Å². The molecule has 0 saturated carbocycles. The second-order valence-electron chi connectivity index (χ2n) is 5.64. The SMILES string of the molecule is COCC(C)C(CNCC(C)C)c1ccc(F)cc1. The summed E-state index contributed by atoms with van der Waals surface area (Å²) in [5.41, 5.74) is 1.17. The Hall–Kier alpha value is -0.930. The smallest absolute Gasteiger partial charge is 0.123 e. The van der Waals surface area contributed by atoms with Crippen molar-refractivity contribution in [2.24, 2.45) is 11.8 Å². The van der Waals surface area contributed by atoms with Crippen LogP contribution in [0.5, 0.6) is 0 Å². The normalized spacial score (nSPS) is 14.6. The summed E-state index contributed by atoms with van der Waals surface area (Å²) in [5.74, 6) is 1.19. The maximum Gasteiger partial charge on any atom is 0.123 e. The van der Waals surface area contributed by atoms with Gasteiger partial charge in [0.1, 0.15) is 5.82 Å². The van der Waals surface area contributed by atoms with Gasteiger partial charge >= 0.3 is 0 Å². The maximum atomic E-state index is 13.0. The van der Waals surface area contributed by atoms with E-state index in [2.05, 4.69) is 26.1 Å². The topological polar surface area (TPSA) is 21.3 Å². The third kappa shape index (κ3) is 5.70. The van der Waals surface area contributed by atoms with E-state index in [1.165, 1.54) is 17.7 Å². The van der Waals surface area contributed by atoms with Crippen molar-refractivity contribution in [2.45, 2.75) is 26.7 Å². The van der Waals surface area contributed by atoms with Crippen molar-refractivity contribution >= 4 is 0 Å². The van der Waals surface area contributed by atoms with E-state index in [0.717, 1.165) is 13.1 Å². The molecule has 0 aromatic heterocycles. The van der Waals surface area contributed by atoms with E-state index in [-0.39, 0.29) is 5.82 Å². The average molecular weight is 267 g/mol. The van der Waals surface area contributed by atoms with Crippen LogP contribution in [0, 0.1) is 17.7 Å². The third-order valence-corrected chi connectivity index (χ3v) is 3.33. The van der Waals surface area contributed by atoms with Crippen LogP contribution in [0.1, 0.15) is 32.3 Å². The lowest BCUT2D eigenvalue weighted by atomic mass is 9.87. The van der Waals surface area contributed by atoms with Gasteiger partial charge in [0.05, 0.1) is 0 Å². The molecule has 1 rings (SSSR count). The van der Waals surface area contributed by atoms with Crippen LogP contribution in [0.15, 0.2) is 24.3 Å². The highest BCUT2D eigenvalue weighted by atomic mass is 19.1. The number of rotatable bonds is 8. The molecule has 1 aromatic carbocycles. The van der Waals surface area contributed by atoms with E-state index in [0.29, 0.717) is 24.4 Å². The minimum atomic E-state index is -0.183. The first-order chi connectivity index (χ1) is 9.04. The summed E-state index contributed by atoms with van der Waals surface area (Å²) in [6, 6.07) is 6.82. The molecule has 3 heteroatoms. The summed E-state index contributed by atoms with van der Waals surface area (Å²) in [6.07, 6.45) is 0. The van der Waals surface area contributed by atoms with Gasteiger partial charge in [-0.25, -0.2) is 4.39 Å². The van der Waals surface area contributed by atoms with Crippen LogP contribution in [-0.2, 0) is 4.74 Å². The maximum absolute atomic E-state index is 13.0. The molecule has 2 unspecified atom stereocenters. The summed E-state index contributed by atoms with van der Waals surface area (Å²) < 4.78 is 18.3. The molecule has 108 valence electrons. The summed E-state index contributed by atoms with van der Waals surface area (Å²) >= 11 is 0. The van der Waals surface area contributed by atoms with E-state index < -0.39 is 0 Å². The van der Waals surface area contributed by atoms with Gasteiger partial charge in [-0.05, 0) is 36.1 Å². The van der Waals surface area contributed by atoms with E-state index in [1.807, 2.05) is 12.1 Å². The van der Waals surface area contributed by atoms with Gasteiger partial charge in [0, 0.05) is 26.2 Å². The van der Waals surface area contributed by atoms with Gasteiger partial charge in [-0.15, -0.1) is 0 Å². The summed E-state index contributed by atoms with van der Waals surface area (Å²) in [7, 11) is 1.72. The first kappa shape index (κ1) is 16.1. The van der Waals surface area contributed by atoms with Crippen molar-refractivity contribution in [1.29, 1.82) is 0 Å². The second-order valence-corrected chi connectivity index (χ2v) is 5.64. The molecular formula is C16H26FNO. The number of methoxy groups -OCH3 is 1. The fourth-order valence-corrected chi connectivity index (χ4v) is 2.26. The predicted molar refractivity (Wildman–Crippen MR) is 77.9 cm³/mol. The number of nitrogens with one attached hydrogen (secondary N) is 1. The quantitative estimate of drug-likeness (QED) is 0.779. The standard InChI is InChI=1S/C16H26FNO/c1-12(2)9-18-10-16(13(3)11-19-4)14-5-7-15(17)8-6-14/h5-8,12-13,16,18H,9-11H2,1-4H3. The highest BCUT2D eigenvalue weighted by molar-refractivity contribution is 5.21. The Morgan fingerprint density at radius 3 is 2.26 bits per heavy atom. The Morgan fingerprint density at radius 1 is 1.11 bits per heavy atom. The molecule has 0 radical (unpaired) electrons. The highest BCUT2D eigenvalue weighted by Gasteiger charge is 2.19. The van der Waals surface area contributed by atoms with Crippen molar-refractivity contribution in [3.05, 3.63) is 35.6 Å². The number of halogens is 1. The van der Waals surface area contributed by atoms with Crippen LogP contribution in [0.4, 0.5) is 4.39 Å². The second kappa shape index (κ2) is 8.28. The molecule has 1 aromatic rings. The number of hydrogen-bond acceptors (Lipinski definition) is 2. The fraction of sp³-hybridized carbons (Fsp3) is 0.625. The zero-order chi connectivity index (χ0) is 14.3. The lowest BCUT2D eigenvalue weighted by Crippen LogP contribution is -2.30. The van der Waals surface area contributed by atoms with Crippen molar-refractivity contribution in [2.75, 3.05) is 26.8 Å². The minimum Gasteiger partial charge on any atom is -0.384 e. The molecule has 2 atom stereocenters. The first-order valence-corrected chi connectivity index (χ1v) is 6.99.